The molecule has 0 radical (unpaired) electrons. The summed E-state index contributed by atoms with van der Waals surface area (Å²) in [4.78, 5) is 40.1. The predicted octanol–water partition coefficient (Wildman–Crippen LogP) is 4.68. The minimum Gasteiger partial charge on any atom is -0.477 e. The minimum absolute atomic E-state index is 0.0180. The van der Waals surface area contributed by atoms with Crippen LogP contribution in [0.15, 0.2) is 71.8 Å². The Morgan fingerprint density at radius 3 is 2.65 bits per heavy atom. The number of rotatable bonds is 7. The largest absolute Gasteiger partial charge is 0.477 e. The average molecular weight is 499 g/mol. The van der Waals surface area contributed by atoms with Crippen molar-refractivity contribution in [2.24, 2.45) is 0 Å². The van der Waals surface area contributed by atoms with Gasteiger partial charge in [-0.2, -0.15) is 0 Å². The van der Waals surface area contributed by atoms with Gasteiger partial charge >= 0.3 is 5.69 Å². The van der Waals surface area contributed by atoms with E-state index < -0.39 is 17.4 Å². The van der Waals surface area contributed by atoms with Crippen LogP contribution in [0.2, 0.25) is 10.0 Å². The highest BCUT2D eigenvalue weighted by atomic mass is 35.5. The second kappa shape index (κ2) is 9.90. The van der Waals surface area contributed by atoms with Gasteiger partial charge in [0.05, 0.1) is 38.7 Å². The first-order valence-corrected chi connectivity index (χ1v) is 10.7. The van der Waals surface area contributed by atoms with Gasteiger partial charge in [-0.05, 0) is 42.0 Å². The van der Waals surface area contributed by atoms with E-state index in [0.717, 1.165) is 5.56 Å². The molecule has 1 heterocycles. The molecule has 172 valence electrons. The number of carbonyl (C=O) groups is 1. The van der Waals surface area contributed by atoms with E-state index >= 15 is 0 Å². The summed E-state index contributed by atoms with van der Waals surface area (Å²) in [6, 6.07) is 15.6. The maximum atomic E-state index is 13.0. The Kier molecular flexibility index (Phi) is 6.76. The molecule has 4 rings (SSSR count). The van der Waals surface area contributed by atoms with Gasteiger partial charge in [-0.3, -0.25) is 24.3 Å². The molecule has 1 aromatic heterocycles. The van der Waals surface area contributed by atoms with Crippen LogP contribution in [0.3, 0.4) is 0 Å². The SMILES string of the molecule is O=C(COc1ccccc1[N+](=O)[O-])Nc1ccc2ncn(Cc3ccc(Cl)c(Cl)c3)c(=O)c2c1. The van der Waals surface area contributed by atoms with E-state index in [-0.39, 0.29) is 23.5 Å². The van der Waals surface area contributed by atoms with E-state index in [4.69, 9.17) is 27.9 Å². The van der Waals surface area contributed by atoms with Crippen LogP contribution in [0.25, 0.3) is 10.9 Å². The standard InChI is InChI=1S/C23H16Cl2N4O5/c24-17-7-5-14(9-18(17)25)11-28-13-26-19-8-6-15(10-16(19)23(28)31)27-22(30)12-34-21-4-2-1-3-20(21)29(32)33/h1-10,13H,11-12H2,(H,27,30). The zero-order valence-corrected chi connectivity index (χ0v) is 18.9. The molecule has 0 unspecified atom stereocenters. The molecule has 4 aromatic rings. The molecule has 9 nitrogen and oxygen atoms in total. The fraction of sp³-hybridized carbons (Fsp3) is 0.0870. The molecule has 0 aliphatic rings. The first-order valence-electron chi connectivity index (χ1n) is 9.91. The fourth-order valence-electron chi connectivity index (χ4n) is 3.25. The van der Waals surface area contributed by atoms with Gasteiger partial charge in [-0.25, -0.2) is 4.98 Å². The van der Waals surface area contributed by atoms with Crippen molar-refractivity contribution in [2.75, 3.05) is 11.9 Å². The number of fused-ring (bicyclic) bond motifs is 1. The molecule has 0 saturated carbocycles. The summed E-state index contributed by atoms with van der Waals surface area (Å²) in [5, 5.41) is 14.8. The summed E-state index contributed by atoms with van der Waals surface area (Å²) in [5.74, 6) is -0.562. The molecule has 0 aliphatic heterocycles. The lowest BCUT2D eigenvalue weighted by Crippen LogP contribution is -2.22. The first-order chi connectivity index (χ1) is 16.3. The number of nitrogens with zero attached hydrogens (tertiary/aromatic N) is 3. The van der Waals surface area contributed by atoms with E-state index in [1.807, 2.05) is 0 Å². The minimum atomic E-state index is -0.591. The van der Waals surface area contributed by atoms with Gasteiger partial charge in [-0.15, -0.1) is 0 Å². The molecule has 34 heavy (non-hydrogen) atoms. The molecule has 3 aromatic carbocycles. The van der Waals surface area contributed by atoms with Gasteiger partial charge in [0.2, 0.25) is 0 Å². The summed E-state index contributed by atoms with van der Waals surface area (Å²) in [5.41, 5.74) is 1.05. The first kappa shape index (κ1) is 23.2. The molecular weight excluding hydrogens is 483 g/mol. The van der Waals surface area contributed by atoms with E-state index in [1.165, 1.54) is 35.2 Å². The third-order valence-corrected chi connectivity index (χ3v) is 5.60. The molecule has 0 spiro atoms. The maximum absolute atomic E-state index is 13.0. The predicted molar refractivity (Wildman–Crippen MR) is 129 cm³/mol. The van der Waals surface area contributed by atoms with Crippen LogP contribution in [0.5, 0.6) is 5.75 Å². The Hall–Kier alpha value is -3.95. The van der Waals surface area contributed by atoms with Crippen molar-refractivity contribution in [1.29, 1.82) is 0 Å². The van der Waals surface area contributed by atoms with Gasteiger partial charge in [-0.1, -0.05) is 41.4 Å². The van der Waals surface area contributed by atoms with Crippen LogP contribution < -0.4 is 15.6 Å². The van der Waals surface area contributed by atoms with Crippen LogP contribution in [-0.2, 0) is 11.3 Å². The number of aromatic nitrogens is 2. The van der Waals surface area contributed by atoms with Gasteiger partial charge in [0, 0.05) is 11.8 Å². The number of carbonyl (C=O) groups excluding carboxylic acids is 1. The van der Waals surface area contributed by atoms with Crippen LogP contribution in [0.4, 0.5) is 11.4 Å². The highest BCUT2D eigenvalue weighted by Gasteiger charge is 2.15. The van der Waals surface area contributed by atoms with Crippen molar-refractivity contribution >= 4 is 51.4 Å². The highest BCUT2D eigenvalue weighted by Crippen LogP contribution is 2.26. The van der Waals surface area contributed by atoms with E-state index in [0.29, 0.717) is 26.6 Å². The Morgan fingerprint density at radius 1 is 1.09 bits per heavy atom. The Balaban J connectivity index is 1.50. The number of hydrogen-bond donors (Lipinski definition) is 1. The third kappa shape index (κ3) is 5.16. The Labute approximate surface area is 202 Å². The van der Waals surface area contributed by atoms with Gasteiger partial charge in [0.1, 0.15) is 0 Å². The second-order valence-corrected chi connectivity index (χ2v) is 8.03. The molecule has 0 bridgehead atoms. The van der Waals surface area contributed by atoms with E-state index in [2.05, 4.69) is 10.3 Å². The molecule has 1 N–H and O–H groups in total. The van der Waals surface area contributed by atoms with Crippen molar-refractivity contribution in [3.05, 3.63) is 103 Å². The number of nitro benzene ring substituents is 1. The smallest absolute Gasteiger partial charge is 0.310 e. The number of anilines is 1. The summed E-state index contributed by atoms with van der Waals surface area (Å²) in [7, 11) is 0. The topological polar surface area (TPSA) is 116 Å². The van der Waals surface area contributed by atoms with Crippen molar-refractivity contribution in [3.63, 3.8) is 0 Å². The lowest BCUT2D eigenvalue weighted by molar-refractivity contribution is -0.385. The number of ether oxygens (including phenoxy) is 1. The number of halogens is 2. The summed E-state index contributed by atoms with van der Waals surface area (Å²) in [6.45, 7) is -0.212. The summed E-state index contributed by atoms with van der Waals surface area (Å²) < 4.78 is 6.72. The van der Waals surface area contributed by atoms with Crippen molar-refractivity contribution < 1.29 is 14.5 Å². The number of para-hydroxylation sites is 2. The van der Waals surface area contributed by atoms with Gasteiger partial charge < -0.3 is 10.1 Å². The Morgan fingerprint density at radius 2 is 1.88 bits per heavy atom. The highest BCUT2D eigenvalue weighted by molar-refractivity contribution is 6.42. The number of nitro groups is 1. The van der Waals surface area contributed by atoms with Gasteiger partial charge in [0.25, 0.3) is 11.5 Å². The number of amides is 1. The van der Waals surface area contributed by atoms with Crippen LogP contribution >= 0.6 is 23.2 Å². The number of benzene rings is 3. The summed E-state index contributed by atoms with van der Waals surface area (Å²) >= 11 is 12.0. The molecule has 0 aliphatic carbocycles. The number of hydrogen-bond acceptors (Lipinski definition) is 6. The molecule has 0 atom stereocenters. The van der Waals surface area contributed by atoms with Crippen LogP contribution in [-0.4, -0.2) is 27.0 Å². The molecule has 0 saturated heterocycles. The lowest BCUT2D eigenvalue weighted by Gasteiger charge is -2.10. The van der Waals surface area contributed by atoms with Gasteiger partial charge in [0.15, 0.2) is 12.4 Å². The molecule has 11 heteroatoms. The third-order valence-electron chi connectivity index (χ3n) is 4.87. The zero-order chi connectivity index (χ0) is 24.2. The fourth-order valence-corrected chi connectivity index (χ4v) is 3.58. The monoisotopic (exact) mass is 498 g/mol. The molecule has 1 amide bonds. The van der Waals surface area contributed by atoms with Crippen molar-refractivity contribution in [1.82, 2.24) is 9.55 Å². The van der Waals surface area contributed by atoms with Crippen LogP contribution in [0.1, 0.15) is 5.56 Å². The van der Waals surface area contributed by atoms with E-state index in [1.54, 1.807) is 36.4 Å². The van der Waals surface area contributed by atoms with E-state index in [9.17, 15) is 19.7 Å². The average Bonchev–Trinajstić information content (AvgIpc) is 2.82. The normalized spacial score (nSPS) is 10.8. The summed E-state index contributed by atoms with van der Waals surface area (Å²) in [6.07, 6.45) is 1.44. The zero-order valence-electron chi connectivity index (χ0n) is 17.4. The Bertz CT molecular complexity index is 1470. The van der Waals surface area contributed by atoms with Crippen LogP contribution in [0, 0.1) is 10.1 Å². The molecule has 0 fully saturated rings. The molecular formula is C23H16Cl2N4O5. The van der Waals surface area contributed by atoms with Crippen molar-refractivity contribution in [3.8, 4) is 5.75 Å². The van der Waals surface area contributed by atoms with Crippen molar-refractivity contribution in [2.45, 2.75) is 6.54 Å². The lowest BCUT2D eigenvalue weighted by atomic mass is 10.2. The quantitative estimate of drug-likeness (QED) is 0.292. The second-order valence-electron chi connectivity index (χ2n) is 7.22. The number of nitrogens with one attached hydrogen (secondary N) is 1. The maximum Gasteiger partial charge on any atom is 0.310 e.